The number of benzene rings is 1. The number of hydrogen-bond donors (Lipinski definition) is 1. The number of aromatic nitrogens is 3. The summed E-state index contributed by atoms with van der Waals surface area (Å²) in [6, 6.07) is 5.74. The maximum absolute atomic E-state index is 12.5. The number of nitrogens with two attached hydrogens (primary N) is 1. The summed E-state index contributed by atoms with van der Waals surface area (Å²) < 4.78 is 1.69. The number of hydrogen-bond acceptors (Lipinski definition) is 4. The van der Waals surface area contributed by atoms with Gasteiger partial charge < -0.3 is 10.6 Å². The Morgan fingerprint density at radius 2 is 2.29 bits per heavy atom. The Labute approximate surface area is 123 Å². The second-order valence-electron chi connectivity index (χ2n) is 5.49. The van der Waals surface area contributed by atoms with E-state index in [0.717, 1.165) is 30.6 Å². The molecule has 1 atom stereocenters. The molecule has 0 spiro atoms. The van der Waals surface area contributed by atoms with Crippen molar-refractivity contribution in [3.63, 3.8) is 0 Å². The maximum Gasteiger partial charge on any atom is 0.253 e. The number of carbonyl (C=O) groups excluding carboxylic acids is 1. The smallest absolute Gasteiger partial charge is 0.253 e. The number of aryl methyl sites for hydroxylation is 1. The Kier molecular flexibility index (Phi) is 3.70. The van der Waals surface area contributed by atoms with E-state index in [4.69, 9.17) is 5.73 Å². The standard InChI is InChI=1S/C15H19N5O/c1-11-7-12(4-5-14(11)20-10-17-9-18-20)15(21)19-6-2-3-13(16)8-19/h4-5,7,9-10,13H,2-3,6,8,16H2,1H3/t13-/m1/s1. The quantitative estimate of drug-likeness (QED) is 0.897. The van der Waals surface area contributed by atoms with Gasteiger partial charge in [-0.25, -0.2) is 9.67 Å². The zero-order valence-electron chi connectivity index (χ0n) is 12.1. The van der Waals surface area contributed by atoms with Crippen molar-refractivity contribution in [3.05, 3.63) is 42.0 Å². The molecular formula is C15H19N5O. The Hall–Kier alpha value is -2.21. The average molecular weight is 285 g/mol. The number of rotatable bonds is 2. The molecule has 6 nitrogen and oxygen atoms in total. The Bertz CT molecular complexity index is 638. The van der Waals surface area contributed by atoms with E-state index in [1.807, 2.05) is 30.0 Å². The highest BCUT2D eigenvalue weighted by Gasteiger charge is 2.22. The molecule has 2 aromatic rings. The lowest BCUT2D eigenvalue weighted by Gasteiger charge is -2.31. The van der Waals surface area contributed by atoms with E-state index in [1.54, 1.807) is 11.0 Å². The van der Waals surface area contributed by atoms with Gasteiger partial charge >= 0.3 is 0 Å². The highest BCUT2D eigenvalue weighted by molar-refractivity contribution is 5.94. The van der Waals surface area contributed by atoms with Crippen LogP contribution in [0, 0.1) is 6.92 Å². The van der Waals surface area contributed by atoms with Crippen molar-refractivity contribution in [3.8, 4) is 5.69 Å². The first-order chi connectivity index (χ1) is 10.1. The summed E-state index contributed by atoms with van der Waals surface area (Å²) in [6.07, 6.45) is 5.11. The van der Waals surface area contributed by atoms with Crippen LogP contribution < -0.4 is 5.73 Å². The van der Waals surface area contributed by atoms with Gasteiger partial charge in [0.15, 0.2) is 0 Å². The van der Waals surface area contributed by atoms with E-state index in [9.17, 15) is 4.79 Å². The van der Waals surface area contributed by atoms with Gasteiger partial charge in [-0.3, -0.25) is 4.79 Å². The first kappa shape index (κ1) is 13.8. The fourth-order valence-corrected chi connectivity index (χ4v) is 2.76. The van der Waals surface area contributed by atoms with Crippen LogP contribution in [0.25, 0.3) is 5.69 Å². The molecule has 0 saturated carbocycles. The van der Waals surface area contributed by atoms with Crippen LogP contribution in [0.5, 0.6) is 0 Å². The first-order valence-corrected chi connectivity index (χ1v) is 7.15. The molecule has 1 aliphatic heterocycles. The fourth-order valence-electron chi connectivity index (χ4n) is 2.76. The zero-order valence-corrected chi connectivity index (χ0v) is 12.1. The lowest BCUT2D eigenvalue weighted by atomic mass is 10.0. The molecule has 0 radical (unpaired) electrons. The van der Waals surface area contributed by atoms with Gasteiger partial charge in [0.05, 0.1) is 5.69 Å². The normalized spacial score (nSPS) is 18.8. The minimum Gasteiger partial charge on any atom is -0.337 e. The summed E-state index contributed by atoms with van der Waals surface area (Å²) in [4.78, 5) is 18.3. The van der Waals surface area contributed by atoms with Gasteiger partial charge in [-0.05, 0) is 43.5 Å². The van der Waals surface area contributed by atoms with Gasteiger partial charge in [-0.1, -0.05) is 0 Å². The summed E-state index contributed by atoms with van der Waals surface area (Å²) in [5, 5.41) is 4.12. The van der Waals surface area contributed by atoms with Crippen LogP contribution in [-0.4, -0.2) is 44.7 Å². The highest BCUT2D eigenvalue weighted by Crippen LogP contribution is 2.18. The molecule has 0 unspecified atom stereocenters. The fraction of sp³-hybridized carbons (Fsp3) is 0.400. The van der Waals surface area contributed by atoms with E-state index < -0.39 is 0 Å². The van der Waals surface area contributed by atoms with Crippen LogP contribution in [0.1, 0.15) is 28.8 Å². The number of carbonyl (C=O) groups is 1. The van der Waals surface area contributed by atoms with Crippen LogP contribution in [0.15, 0.2) is 30.9 Å². The molecule has 3 rings (SSSR count). The minimum atomic E-state index is 0.0541. The molecule has 2 heterocycles. The predicted octanol–water partition coefficient (Wildman–Crippen LogP) is 1.14. The lowest BCUT2D eigenvalue weighted by molar-refractivity contribution is 0.0708. The van der Waals surface area contributed by atoms with Crippen molar-refractivity contribution in [2.75, 3.05) is 13.1 Å². The minimum absolute atomic E-state index is 0.0541. The van der Waals surface area contributed by atoms with Crippen molar-refractivity contribution in [1.29, 1.82) is 0 Å². The molecular weight excluding hydrogens is 266 g/mol. The van der Waals surface area contributed by atoms with Gasteiger partial charge in [-0.15, -0.1) is 0 Å². The zero-order chi connectivity index (χ0) is 14.8. The maximum atomic E-state index is 12.5. The summed E-state index contributed by atoms with van der Waals surface area (Å²) in [5.74, 6) is 0.0541. The van der Waals surface area contributed by atoms with Gasteiger partial charge in [0.1, 0.15) is 12.7 Å². The van der Waals surface area contributed by atoms with Crippen LogP contribution in [0.2, 0.25) is 0 Å². The van der Waals surface area contributed by atoms with Crippen molar-refractivity contribution < 1.29 is 4.79 Å². The second kappa shape index (κ2) is 5.65. The molecule has 1 fully saturated rings. The molecule has 21 heavy (non-hydrogen) atoms. The van der Waals surface area contributed by atoms with Crippen LogP contribution in [0.4, 0.5) is 0 Å². The van der Waals surface area contributed by atoms with E-state index in [1.165, 1.54) is 6.33 Å². The Morgan fingerprint density at radius 3 is 2.95 bits per heavy atom. The summed E-state index contributed by atoms with van der Waals surface area (Å²) in [5.41, 5.74) is 8.57. The molecule has 1 amide bonds. The van der Waals surface area contributed by atoms with Gasteiger partial charge in [0.2, 0.25) is 0 Å². The number of nitrogens with zero attached hydrogens (tertiary/aromatic N) is 4. The molecule has 0 aliphatic carbocycles. The van der Waals surface area contributed by atoms with Crippen LogP contribution in [-0.2, 0) is 0 Å². The average Bonchev–Trinajstić information content (AvgIpc) is 3.00. The molecule has 1 aromatic heterocycles. The van der Waals surface area contributed by atoms with E-state index in [2.05, 4.69) is 10.1 Å². The molecule has 2 N–H and O–H groups in total. The first-order valence-electron chi connectivity index (χ1n) is 7.15. The summed E-state index contributed by atoms with van der Waals surface area (Å²) in [7, 11) is 0. The third-order valence-corrected chi connectivity index (χ3v) is 3.85. The van der Waals surface area contributed by atoms with Crippen molar-refractivity contribution in [2.24, 2.45) is 5.73 Å². The molecule has 110 valence electrons. The lowest BCUT2D eigenvalue weighted by Crippen LogP contribution is -2.45. The van der Waals surface area contributed by atoms with E-state index in [0.29, 0.717) is 12.1 Å². The molecule has 1 saturated heterocycles. The van der Waals surface area contributed by atoms with Crippen molar-refractivity contribution in [1.82, 2.24) is 19.7 Å². The SMILES string of the molecule is Cc1cc(C(=O)N2CCC[C@@H](N)C2)ccc1-n1cncn1. The third-order valence-electron chi connectivity index (χ3n) is 3.85. The van der Waals surface area contributed by atoms with Crippen LogP contribution in [0.3, 0.4) is 0 Å². The van der Waals surface area contributed by atoms with Gasteiger partial charge in [0.25, 0.3) is 5.91 Å². The molecule has 0 bridgehead atoms. The number of amides is 1. The molecule has 1 aromatic carbocycles. The van der Waals surface area contributed by atoms with Gasteiger partial charge in [0, 0.05) is 24.7 Å². The van der Waals surface area contributed by atoms with E-state index in [-0.39, 0.29) is 11.9 Å². The summed E-state index contributed by atoms with van der Waals surface area (Å²) in [6.45, 7) is 3.40. The number of likely N-dealkylation sites (tertiary alicyclic amines) is 1. The molecule has 1 aliphatic rings. The largest absolute Gasteiger partial charge is 0.337 e. The highest BCUT2D eigenvalue weighted by atomic mass is 16.2. The second-order valence-corrected chi connectivity index (χ2v) is 5.49. The number of piperidine rings is 1. The van der Waals surface area contributed by atoms with Crippen LogP contribution >= 0.6 is 0 Å². The van der Waals surface area contributed by atoms with E-state index >= 15 is 0 Å². The predicted molar refractivity (Wildman–Crippen MR) is 79.2 cm³/mol. The Morgan fingerprint density at radius 1 is 1.43 bits per heavy atom. The van der Waals surface area contributed by atoms with Crippen molar-refractivity contribution in [2.45, 2.75) is 25.8 Å². The van der Waals surface area contributed by atoms with Crippen molar-refractivity contribution >= 4 is 5.91 Å². The monoisotopic (exact) mass is 285 g/mol. The Balaban J connectivity index is 1.83. The van der Waals surface area contributed by atoms with Gasteiger partial charge in [-0.2, -0.15) is 5.10 Å². The summed E-state index contributed by atoms with van der Waals surface area (Å²) >= 11 is 0. The molecule has 6 heteroatoms. The topological polar surface area (TPSA) is 77.0 Å². The third kappa shape index (κ3) is 2.80.